The van der Waals surface area contributed by atoms with Gasteiger partial charge in [-0.05, 0) is 54.8 Å². The van der Waals surface area contributed by atoms with Gasteiger partial charge in [-0.2, -0.15) is 23.0 Å². The van der Waals surface area contributed by atoms with Crippen LogP contribution in [0.2, 0.25) is 0 Å². The highest BCUT2D eigenvalue weighted by Crippen LogP contribution is 2.41. The highest BCUT2D eigenvalue weighted by molar-refractivity contribution is 7.26. The Bertz CT molecular complexity index is 1440. The third-order valence-electron chi connectivity index (χ3n) is 4.88. The highest BCUT2D eigenvalue weighted by atomic mass is 32.1. The third-order valence-corrected chi connectivity index (χ3v) is 8.38. The van der Waals surface area contributed by atoms with Gasteiger partial charge in [-0.3, -0.25) is 4.79 Å². The first-order valence-corrected chi connectivity index (χ1v) is 12.2. The number of aryl methyl sites for hydroxylation is 1. The van der Waals surface area contributed by atoms with E-state index >= 15 is 0 Å². The van der Waals surface area contributed by atoms with Gasteiger partial charge in [0.1, 0.15) is 5.01 Å². The van der Waals surface area contributed by atoms with Crippen LogP contribution in [0.25, 0.3) is 30.2 Å². The van der Waals surface area contributed by atoms with Crippen molar-refractivity contribution in [1.29, 1.82) is 0 Å². The molecule has 4 heterocycles. The van der Waals surface area contributed by atoms with Crippen LogP contribution in [0.5, 0.6) is 0 Å². The zero-order valence-corrected chi connectivity index (χ0v) is 19.4. The molecule has 0 bridgehead atoms. The fraction of sp³-hybridized carbons (Fsp3) is 0.0870. The molecule has 0 saturated heterocycles. The van der Waals surface area contributed by atoms with Crippen molar-refractivity contribution >= 4 is 39.9 Å². The van der Waals surface area contributed by atoms with E-state index in [2.05, 4.69) is 22.2 Å². The number of hydrogen-bond acceptors (Lipinski definition) is 6. The van der Waals surface area contributed by atoms with Crippen LogP contribution >= 0.6 is 34.0 Å². The highest BCUT2D eigenvalue weighted by Gasteiger charge is 2.31. The number of carbonyl (C=O) groups excluding carboxylic acids is 1. The van der Waals surface area contributed by atoms with E-state index in [1.54, 1.807) is 28.7 Å². The lowest BCUT2D eigenvalue weighted by Gasteiger charge is -2.09. The quantitative estimate of drug-likeness (QED) is 0.256. The summed E-state index contributed by atoms with van der Waals surface area (Å²) < 4.78 is 40.4. The molecule has 0 aliphatic rings. The molecule has 0 unspecified atom stereocenters. The van der Waals surface area contributed by atoms with Crippen LogP contribution in [-0.2, 0) is 6.18 Å². The van der Waals surface area contributed by atoms with Crippen molar-refractivity contribution in [3.8, 4) is 30.2 Å². The summed E-state index contributed by atoms with van der Waals surface area (Å²) in [5.41, 5.74) is 0.252. The maximum Gasteiger partial charge on any atom is 0.416 e. The first kappa shape index (κ1) is 21.7. The number of hydrogen-bond donors (Lipinski definition) is 0. The lowest BCUT2D eigenvalue weighted by atomic mass is 10.1. The minimum Gasteiger partial charge on any atom is -0.267 e. The summed E-state index contributed by atoms with van der Waals surface area (Å²) in [5.74, 6) is -0.633. The number of rotatable bonds is 4. The van der Waals surface area contributed by atoms with Crippen LogP contribution in [0.15, 0.2) is 66.2 Å². The van der Waals surface area contributed by atoms with Crippen molar-refractivity contribution in [2.24, 2.45) is 0 Å². The van der Waals surface area contributed by atoms with Gasteiger partial charge in [0, 0.05) is 15.3 Å². The van der Waals surface area contributed by atoms with Crippen molar-refractivity contribution in [3.05, 3.63) is 83.0 Å². The van der Waals surface area contributed by atoms with Crippen molar-refractivity contribution in [2.75, 3.05) is 0 Å². The molecule has 0 atom stereocenters. The average molecular weight is 502 g/mol. The molecule has 0 N–H and O–H groups in total. The lowest BCUT2D eigenvalue weighted by Crippen LogP contribution is -2.16. The second-order valence-corrected chi connectivity index (χ2v) is 10.1. The fourth-order valence-corrected chi connectivity index (χ4v) is 6.30. The minimum atomic E-state index is -4.53. The number of benzene rings is 1. The SMILES string of the molecule is Cc1nc(-c2ccc(-c3cccs3)s2)sc1-c1ccnn1C(=O)c1cccc(C(F)(F)F)c1. The molecule has 0 spiro atoms. The number of aromatic nitrogens is 3. The van der Waals surface area contributed by atoms with E-state index in [-0.39, 0.29) is 5.56 Å². The molecule has 0 amide bonds. The molecular weight excluding hydrogens is 487 g/mol. The van der Waals surface area contributed by atoms with Crippen LogP contribution in [0.4, 0.5) is 13.2 Å². The van der Waals surface area contributed by atoms with E-state index in [4.69, 9.17) is 0 Å². The summed E-state index contributed by atoms with van der Waals surface area (Å²) >= 11 is 4.73. The van der Waals surface area contributed by atoms with Gasteiger partial charge < -0.3 is 0 Å². The first-order valence-electron chi connectivity index (χ1n) is 9.69. The average Bonchev–Trinajstić information content (AvgIpc) is 3.58. The third kappa shape index (κ3) is 4.17. The number of alkyl halides is 3. The molecular formula is C23H14F3N3OS3. The zero-order valence-electron chi connectivity index (χ0n) is 17.0. The van der Waals surface area contributed by atoms with Crippen molar-refractivity contribution in [1.82, 2.24) is 14.8 Å². The van der Waals surface area contributed by atoms with Crippen LogP contribution < -0.4 is 0 Å². The van der Waals surface area contributed by atoms with Gasteiger partial charge in [-0.1, -0.05) is 12.1 Å². The maximum absolute atomic E-state index is 13.1. The number of thiophene rings is 2. The second-order valence-electron chi connectivity index (χ2n) is 7.09. The minimum absolute atomic E-state index is 0.0870. The standard InChI is InChI=1S/C23H14F3N3OS3/c1-13-20(33-21(28-13)19-8-7-18(32-19)17-6-3-11-31-17)16-9-10-27-29(16)22(30)14-4-2-5-15(12-14)23(24,25)26/h2-12H,1H3. The second kappa shape index (κ2) is 8.36. The number of halogens is 3. The van der Waals surface area contributed by atoms with Gasteiger partial charge in [0.05, 0.1) is 32.9 Å². The van der Waals surface area contributed by atoms with E-state index in [9.17, 15) is 18.0 Å². The monoisotopic (exact) mass is 501 g/mol. The number of carbonyl (C=O) groups is 1. The van der Waals surface area contributed by atoms with Gasteiger partial charge in [-0.25, -0.2) is 4.98 Å². The maximum atomic E-state index is 13.1. The molecule has 0 saturated carbocycles. The van der Waals surface area contributed by atoms with Crippen LogP contribution in [-0.4, -0.2) is 20.7 Å². The Morgan fingerprint density at radius 1 is 0.970 bits per heavy atom. The summed E-state index contributed by atoms with van der Waals surface area (Å²) in [6.45, 7) is 1.84. The van der Waals surface area contributed by atoms with E-state index < -0.39 is 17.6 Å². The molecule has 10 heteroatoms. The fourth-order valence-electron chi connectivity index (χ4n) is 3.33. The predicted octanol–water partition coefficient (Wildman–Crippen LogP) is 7.48. The molecule has 0 aliphatic heterocycles. The van der Waals surface area contributed by atoms with Crippen molar-refractivity contribution < 1.29 is 18.0 Å². The molecule has 0 aliphatic carbocycles. The Morgan fingerprint density at radius 3 is 2.55 bits per heavy atom. The van der Waals surface area contributed by atoms with E-state index in [0.29, 0.717) is 5.69 Å². The number of nitrogens with zero attached hydrogens (tertiary/aromatic N) is 3. The summed E-state index contributed by atoms with van der Waals surface area (Å²) in [5, 5.41) is 6.94. The Labute approximate surface area is 198 Å². The number of thiazole rings is 1. The van der Waals surface area contributed by atoms with Gasteiger partial charge in [0.15, 0.2) is 0 Å². The Kier molecular flexibility index (Phi) is 5.51. The summed E-state index contributed by atoms with van der Waals surface area (Å²) in [4.78, 5) is 21.8. The molecule has 33 heavy (non-hydrogen) atoms. The molecule has 0 radical (unpaired) electrons. The summed E-state index contributed by atoms with van der Waals surface area (Å²) in [6, 6.07) is 14.2. The Balaban J connectivity index is 1.49. The normalized spacial score (nSPS) is 11.8. The molecule has 4 aromatic heterocycles. The lowest BCUT2D eigenvalue weighted by molar-refractivity contribution is -0.137. The van der Waals surface area contributed by atoms with E-state index in [1.165, 1.54) is 34.5 Å². The molecule has 166 valence electrons. The van der Waals surface area contributed by atoms with Crippen molar-refractivity contribution in [3.63, 3.8) is 0 Å². The Morgan fingerprint density at radius 2 is 1.79 bits per heavy atom. The summed E-state index contributed by atoms with van der Waals surface area (Å²) in [6.07, 6.45) is -3.07. The zero-order chi connectivity index (χ0) is 23.2. The summed E-state index contributed by atoms with van der Waals surface area (Å²) in [7, 11) is 0. The molecule has 1 aromatic carbocycles. The molecule has 5 rings (SSSR count). The van der Waals surface area contributed by atoms with Crippen LogP contribution in [0.3, 0.4) is 0 Å². The first-order chi connectivity index (χ1) is 15.8. The van der Waals surface area contributed by atoms with Crippen molar-refractivity contribution in [2.45, 2.75) is 13.1 Å². The smallest absolute Gasteiger partial charge is 0.267 e. The largest absolute Gasteiger partial charge is 0.416 e. The van der Waals surface area contributed by atoms with Gasteiger partial charge in [0.2, 0.25) is 0 Å². The van der Waals surface area contributed by atoms with E-state index in [0.717, 1.165) is 42.1 Å². The topological polar surface area (TPSA) is 47.8 Å². The molecule has 5 aromatic rings. The van der Waals surface area contributed by atoms with Gasteiger partial charge in [0.25, 0.3) is 5.91 Å². The predicted molar refractivity (Wildman–Crippen MR) is 126 cm³/mol. The van der Waals surface area contributed by atoms with E-state index in [1.807, 2.05) is 24.4 Å². The van der Waals surface area contributed by atoms with Gasteiger partial charge >= 0.3 is 6.18 Å². The van der Waals surface area contributed by atoms with Crippen LogP contribution in [0, 0.1) is 6.92 Å². The molecule has 4 nitrogen and oxygen atoms in total. The van der Waals surface area contributed by atoms with Crippen LogP contribution in [0.1, 0.15) is 21.6 Å². The Hall–Kier alpha value is -3.08. The molecule has 0 fully saturated rings. The van der Waals surface area contributed by atoms with Gasteiger partial charge in [-0.15, -0.1) is 34.0 Å².